The second-order valence-corrected chi connectivity index (χ2v) is 6.10. The van der Waals surface area contributed by atoms with Crippen LogP contribution in [0.2, 0.25) is 0 Å². The number of aromatic nitrogens is 2. The second kappa shape index (κ2) is 7.29. The predicted octanol–water partition coefficient (Wildman–Crippen LogP) is 3.17. The molecule has 1 aromatic carbocycles. The van der Waals surface area contributed by atoms with Crippen molar-refractivity contribution in [3.05, 3.63) is 47.7 Å². The van der Waals surface area contributed by atoms with Gasteiger partial charge in [-0.2, -0.15) is 5.10 Å². The van der Waals surface area contributed by atoms with Crippen LogP contribution in [-0.4, -0.2) is 40.3 Å². The third-order valence-corrected chi connectivity index (χ3v) is 4.32. The minimum Gasteiger partial charge on any atom is -0.473 e. The molecular formula is C18H22N4O2. The number of carbonyl (C=O) groups excluding carboxylic acids is 1. The molecule has 6 nitrogen and oxygen atoms in total. The van der Waals surface area contributed by atoms with Crippen LogP contribution in [0.1, 0.15) is 24.0 Å². The van der Waals surface area contributed by atoms with Gasteiger partial charge in [-0.15, -0.1) is 5.10 Å². The lowest BCUT2D eigenvalue weighted by Crippen LogP contribution is -2.43. The van der Waals surface area contributed by atoms with Gasteiger partial charge in [-0.3, -0.25) is 0 Å². The number of benzene rings is 1. The van der Waals surface area contributed by atoms with E-state index in [4.69, 9.17) is 4.74 Å². The number of hydrogen-bond donors (Lipinski definition) is 1. The molecule has 0 spiro atoms. The Balaban J connectivity index is 1.50. The summed E-state index contributed by atoms with van der Waals surface area (Å²) in [5.41, 5.74) is 3.22. The highest BCUT2D eigenvalue weighted by Gasteiger charge is 2.24. The van der Waals surface area contributed by atoms with Gasteiger partial charge in [-0.25, -0.2) is 4.79 Å². The van der Waals surface area contributed by atoms with Gasteiger partial charge in [0.05, 0.1) is 0 Å². The van der Waals surface area contributed by atoms with E-state index in [-0.39, 0.29) is 12.1 Å². The van der Waals surface area contributed by atoms with Crippen molar-refractivity contribution in [1.29, 1.82) is 0 Å². The van der Waals surface area contributed by atoms with Gasteiger partial charge in [0, 0.05) is 43.9 Å². The Bertz CT molecular complexity index is 697. The smallest absolute Gasteiger partial charge is 0.321 e. The molecule has 1 saturated heterocycles. The summed E-state index contributed by atoms with van der Waals surface area (Å²) in [6, 6.07) is 9.49. The molecular weight excluding hydrogens is 304 g/mol. The van der Waals surface area contributed by atoms with Crippen LogP contribution in [-0.2, 0) is 0 Å². The van der Waals surface area contributed by atoms with Crippen molar-refractivity contribution in [2.75, 3.05) is 18.4 Å². The lowest BCUT2D eigenvalue weighted by Gasteiger charge is -2.31. The number of urea groups is 1. The molecule has 126 valence electrons. The molecule has 1 aromatic heterocycles. The summed E-state index contributed by atoms with van der Waals surface area (Å²) in [7, 11) is 0. The van der Waals surface area contributed by atoms with Crippen LogP contribution in [0.3, 0.4) is 0 Å². The zero-order valence-corrected chi connectivity index (χ0v) is 14.0. The number of rotatable bonds is 3. The minimum atomic E-state index is -0.0591. The lowest BCUT2D eigenvalue weighted by molar-refractivity contribution is 0.110. The SMILES string of the molecule is Cc1ccc(NC(=O)N2CCC(Oc3cccnn3)CC2)cc1C. The molecule has 0 radical (unpaired) electrons. The average molecular weight is 326 g/mol. The highest BCUT2D eigenvalue weighted by Crippen LogP contribution is 2.19. The molecule has 0 atom stereocenters. The normalized spacial score (nSPS) is 15.2. The van der Waals surface area contributed by atoms with Gasteiger partial charge in [0.1, 0.15) is 6.10 Å². The van der Waals surface area contributed by atoms with E-state index < -0.39 is 0 Å². The molecule has 3 rings (SSSR count). The first kappa shape index (κ1) is 16.2. The van der Waals surface area contributed by atoms with E-state index in [9.17, 15) is 4.79 Å². The quantitative estimate of drug-likeness (QED) is 0.941. The van der Waals surface area contributed by atoms with Crippen LogP contribution in [0.25, 0.3) is 0 Å². The Hall–Kier alpha value is -2.63. The standard InChI is InChI=1S/C18H22N4O2/c1-13-5-6-15(12-14(13)2)20-18(23)22-10-7-16(8-11-22)24-17-4-3-9-19-21-17/h3-6,9,12,16H,7-8,10-11H2,1-2H3,(H,20,23). The van der Waals surface area contributed by atoms with Crippen molar-refractivity contribution in [2.45, 2.75) is 32.8 Å². The molecule has 0 saturated carbocycles. The van der Waals surface area contributed by atoms with E-state index in [1.807, 2.05) is 30.0 Å². The maximum absolute atomic E-state index is 12.4. The highest BCUT2D eigenvalue weighted by molar-refractivity contribution is 5.89. The second-order valence-electron chi connectivity index (χ2n) is 6.10. The molecule has 0 bridgehead atoms. The predicted molar refractivity (Wildman–Crippen MR) is 92.2 cm³/mol. The van der Waals surface area contributed by atoms with Gasteiger partial charge < -0.3 is 15.0 Å². The summed E-state index contributed by atoms with van der Waals surface area (Å²) in [5.74, 6) is 0.538. The highest BCUT2D eigenvalue weighted by atomic mass is 16.5. The Morgan fingerprint density at radius 3 is 2.67 bits per heavy atom. The van der Waals surface area contributed by atoms with Crippen LogP contribution >= 0.6 is 0 Å². The van der Waals surface area contributed by atoms with Crippen LogP contribution in [0.15, 0.2) is 36.5 Å². The molecule has 0 unspecified atom stereocenters. The number of piperidine rings is 1. The molecule has 2 aromatic rings. The average Bonchev–Trinajstić information content (AvgIpc) is 2.60. The number of amides is 2. The van der Waals surface area contributed by atoms with E-state index in [1.54, 1.807) is 18.3 Å². The Morgan fingerprint density at radius 1 is 1.21 bits per heavy atom. The van der Waals surface area contributed by atoms with Crippen LogP contribution in [0, 0.1) is 13.8 Å². The third kappa shape index (κ3) is 4.01. The van der Waals surface area contributed by atoms with Gasteiger partial charge in [-0.05, 0) is 43.2 Å². The summed E-state index contributed by atoms with van der Waals surface area (Å²) < 4.78 is 5.80. The van der Waals surface area contributed by atoms with Crippen molar-refractivity contribution in [1.82, 2.24) is 15.1 Å². The first-order valence-corrected chi connectivity index (χ1v) is 8.19. The summed E-state index contributed by atoms with van der Waals surface area (Å²) in [6.45, 7) is 5.44. The van der Waals surface area contributed by atoms with Crippen molar-refractivity contribution < 1.29 is 9.53 Å². The summed E-state index contributed by atoms with van der Waals surface area (Å²) in [5, 5.41) is 10.7. The van der Waals surface area contributed by atoms with E-state index >= 15 is 0 Å². The van der Waals surface area contributed by atoms with Gasteiger partial charge in [0.25, 0.3) is 0 Å². The van der Waals surface area contributed by atoms with Gasteiger partial charge in [0.2, 0.25) is 5.88 Å². The third-order valence-electron chi connectivity index (χ3n) is 4.32. The van der Waals surface area contributed by atoms with E-state index in [0.717, 1.165) is 18.5 Å². The van der Waals surface area contributed by atoms with E-state index in [2.05, 4.69) is 22.4 Å². The summed E-state index contributed by atoms with van der Waals surface area (Å²) >= 11 is 0. The molecule has 2 amide bonds. The Labute approximate surface area is 141 Å². The molecule has 0 aliphatic carbocycles. The van der Waals surface area contributed by atoms with Gasteiger partial charge in [0.15, 0.2) is 0 Å². The lowest BCUT2D eigenvalue weighted by atomic mass is 10.1. The van der Waals surface area contributed by atoms with Crippen LogP contribution in [0.4, 0.5) is 10.5 Å². The molecule has 1 aliphatic heterocycles. The van der Waals surface area contributed by atoms with Crippen molar-refractivity contribution in [3.8, 4) is 5.88 Å². The number of nitrogens with one attached hydrogen (secondary N) is 1. The topological polar surface area (TPSA) is 67.4 Å². The zero-order valence-electron chi connectivity index (χ0n) is 14.0. The molecule has 1 N–H and O–H groups in total. The van der Waals surface area contributed by atoms with Gasteiger partial charge in [-0.1, -0.05) is 6.07 Å². The fraction of sp³-hybridized carbons (Fsp3) is 0.389. The molecule has 24 heavy (non-hydrogen) atoms. The first-order valence-electron chi connectivity index (χ1n) is 8.19. The van der Waals surface area contributed by atoms with Crippen molar-refractivity contribution in [3.63, 3.8) is 0 Å². The maximum Gasteiger partial charge on any atom is 0.321 e. The minimum absolute atomic E-state index is 0.0591. The monoisotopic (exact) mass is 326 g/mol. The van der Waals surface area contributed by atoms with Crippen LogP contribution < -0.4 is 10.1 Å². The van der Waals surface area contributed by atoms with Crippen molar-refractivity contribution >= 4 is 11.7 Å². The number of nitrogens with zero attached hydrogens (tertiary/aromatic N) is 3. The number of aryl methyl sites for hydroxylation is 2. The summed E-state index contributed by atoms with van der Waals surface area (Å²) in [4.78, 5) is 14.2. The number of hydrogen-bond acceptors (Lipinski definition) is 4. The van der Waals surface area contributed by atoms with Crippen molar-refractivity contribution in [2.24, 2.45) is 0 Å². The molecule has 2 heterocycles. The van der Waals surface area contributed by atoms with E-state index in [1.165, 1.54) is 11.1 Å². The zero-order chi connectivity index (χ0) is 16.9. The summed E-state index contributed by atoms with van der Waals surface area (Å²) in [6.07, 6.45) is 3.27. The fourth-order valence-electron chi connectivity index (χ4n) is 2.72. The number of carbonyl (C=O) groups is 1. The Morgan fingerprint density at radius 2 is 2.00 bits per heavy atom. The number of ether oxygens (including phenoxy) is 1. The molecule has 1 fully saturated rings. The largest absolute Gasteiger partial charge is 0.473 e. The fourth-order valence-corrected chi connectivity index (χ4v) is 2.72. The first-order chi connectivity index (χ1) is 11.6. The van der Waals surface area contributed by atoms with E-state index in [0.29, 0.717) is 19.0 Å². The molecule has 1 aliphatic rings. The molecule has 6 heteroatoms. The maximum atomic E-state index is 12.4. The number of likely N-dealkylation sites (tertiary alicyclic amines) is 1. The Kier molecular flexibility index (Phi) is 4.93. The van der Waals surface area contributed by atoms with Gasteiger partial charge >= 0.3 is 6.03 Å². The van der Waals surface area contributed by atoms with Crippen LogP contribution in [0.5, 0.6) is 5.88 Å². The number of anilines is 1.